The average molecular weight is 508 g/mol. The van der Waals surface area contributed by atoms with Crippen LogP contribution in [0.5, 0.6) is 0 Å². The molecule has 2 aliphatic carbocycles. The Hall–Kier alpha value is -2.11. The van der Waals surface area contributed by atoms with Crippen molar-refractivity contribution in [1.82, 2.24) is 0 Å². The van der Waals surface area contributed by atoms with Crippen molar-refractivity contribution < 1.29 is 9.47 Å². The van der Waals surface area contributed by atoms with Crippen LogP contribution in [0.3, 0.4) is 0 Å². The van der Waals surface area contributed by atoms with Gasteiger partial charge < -0.3 is 9.47 Å². The van der Waals surface area contributed by atoms with Crippen molar-refractivity contribution in [3.63, 3.8) is 0 Å². The summed E-state index contributed by atoms with van der Waals surface area (Å²) in [7, 11) is 0. The third kappa shape index (κ3) is 3.58. The molecule has 0 radical (unpaired) electrons. The van der Waals surface area contributed by atoms with Gasteiger partial charge in [-0.05, 0) is 68.9 Å². The molecule has 0 aromatic heterocycles. The maximum Gasteiger partial charge on any atom is 0.111 e. The molecule has 1 fully saturated rings. The predicted molar refractivity (Wildman–Crippen MR) is 131 cm³/mol. The van der Waals surface area contributed by atoms with Gasteiger partial charge in [-0.3, -0.25) is 0 Å². The second-order valence-electron chi connectivity index (χ2n) is 8.02. The Morgan fingerprint density at radius 2 is 1.57 bits per heavy atom. The first-order valence-corrected chi connectivity index (χ1v) is 11.7. The Balaban J connectivity index is 1.62. The van der Waals surface area contributed by atoms with E-state index < -0.39 is 0 Å². The number of hydrogen-bond donors (Lipinski definition) is 0. The molecule has 3 aliphatic rings. The number of ether oxygens (including phenoxy) is 2. The van der Waals surface area contributed by atoms with Gasteiger partial charge in [-0.15, -0.1) is 0 Å². The zero-order valence-electron chi connectivity index (χ0n) is 17.1. The average Bonchev–Trinajstić information content (AvgIpc) is 2.77. The van der Waals surface area contributed by atoms with Crippen LogP contribution in [0.15, 0.2) is 93.8 Å². The van der Waals surface area contributed by atoms with Crippen LogP contribution >= 0.6 is 22.6 Å². The van der Waals surface area contributed by atoms with Crippen LogP contribution in [0.1, 0.15) is 24.5 Å². The molecule has 1 heterocycles. The first-order valence-electron chi connectivity index (χ1n) is 10.6. The van der Waals surface area contributed by atoms with Gasteiger partial charge in [0.15, 0.2) is 0 Å². The van der Waals surface area contributed by atoms with Gasteiger partial charge in [0.1, 0.15) is 12.4 Å². The zero-order chi connectivity index (χ0) is 20.5. The Labute approximate surface area is 192 Å². The number of hydrogen-bond acceptors (Lipinski definition) is 2. The minimum absolute atomic E-state index is 0.110. The summed E-state index contributed by atoms with van der Waals surface area (Å²) in [6.07, 6.45) is 7.80. The van der Waals surface area contributed by atoms with E-state index in [-0.39, 0.29) is 12.0 Å². The SMILES string of the molecule is C[C@@H]1C(c2ccccc2)=CC=C2OCCOC3CC=C(c4ccccc4)C(I)=C3C21. The van der Waals surface area contributed by atoms with Gasteiger partial charge in [-0.1, -0.05) is 79.7 Å². The summed E-state index contributed by atoms with van der Waals surface area (Å²) in [5.74, 6) is 1.58. The molecule has 2 unspecified atom stereocenters. The van der Waals surface area contributed by atoms with Crippen molar-refractivity contribution in [2.45, 2.75) is 19.4 Å². The summed E-state index contributed by atoms with van der Waals surface area (Å²) in [6.45, 7) is 3.56. The van der Waals surface area contributed by atoms with E-state index in [2.05, 4.69) is 108 Å². The van der Waals surface area contributed by atoms with E-state index in [9.17, 15) is 0 Å². The third-order valence-corrected chi connectivity index (χ3v) is 7.50. The lowest BCUT2D eigenvalue weighted by atomic mass is 9.72. The molecule has 0 amide bonds. The highest BCUT2D eigenvalue weighted by molar-refractivity contribution is 14.1. The molecule has 0 spiro atoms. The van der Waals surface area contributed by atoms with Crippen LogP contribution in [-0.2, 0) is 9.47 Å². The largest absolute Gasteiger partial charge is 0.495 e. The van der Waals surface area contributed by atoms with Crippen molar-refractivity contribution >= 4 is 33.7 Å². The van der Waals surface area contributed by atoms with Crippen molar-refractivity contribution in [2.24, 2.45) is 11.8 Å². The Morgan fingerprint density at radius 1 is 0.867 bits per heavy atom. The zero-order valence-corrected chi connectivity index (χ0v) is 19.2. The van der Waals surface area contributed by atoms with Crippen molar-refractivity contribution in [2.75, 3.05) is 13.2 Å². The van der Waals surface area contributed by atoms with Gasteiger partial charge in [0.05, 0.1) is 12.7 Å². The summed E-state index contributed by atoms with van der Waals surface area (Å²) in [5.41, 5.74) is 6.60. The molecule has 2 aromatic carbocycles. The lowest BCUT2D eigenvalue weighted by Crippen LogP contribution is -2.34. The fourth-order valence-electron chi connectivity index (χ4n) is 4.85. The highest BCUT2D eigenvalue weighted by Gasteiger charge is 2.39. The van der Waals surface area contributed by atoms with Crippen molar-refractivity contribution in [3.8, 4) is 0 Å². The summed E-state index contributed by atoms with van der Waals surface area (Å²) < 4.78 is 13.8. The molecule has 2 aromatic rings. The van der Waals surface area contributed by atoms with Crippen LogP contribution in [0, 0.1) is 11.8 Å². The molecule has 1 aliphatic heterocycles. The Kier molecular flexibility index (Phi) is 5.66. The van der Waals surface area contributed by atoms with E-state index in [1.165, 1.54) is 31.4 Å². The van der Waals surface area contributed by atoms with Gasteiger partial charge in [0.25, 0.3) is 0 Å². The van der Waals surface area contributed by atoms with Gasteiger partial charge in [-0.2, -0.15) is 0 Å². The summed E-state index contributed by atoms with van der Waals surface area (Å²) in [6, 6.07) is 21.4. The first kappa shape index (κ1) is 19.8. The smallest absolute Gasteiger partial charge is 0.111 e. The molecule has 3 atom stereocenters. The van der Waals surface area contributed by atoms with E-state index in [1.54, 1.807) is 0 Å². The number of allylic oxidation sites excluding steroid dienone is 6. The van der Waals surface area contributed by atoms with Crippen LogP contribution in [0.25, 0.3) is 11.1 Å². The summed E-state index contributed by atoms with van der Waals surface area (Å²) in [4.78, 5) is 0. The van der Waals surface area contributed by atoms with Crippen LogP contribution in [0.4, 0.5) is 0 Å². The summed E-state index contributed by atoms with van der Waals surface area (Å²) >= 11 is 2.54. The van der Waals surface area contributed by atoms with E-state index >= 15 is 0 Å². The predicted octanol–water partition coefficient (Wildman–Crippen LogP) is 6.81. The third-order valence-electron chi connectivity index (χ3n) is 6.30. The topological polar surface area (TPSA) is 18.5 Å². The lowest BCUT2D eigenvalue weighted by Gasteiger charge is -2.40. The van der Waals surface area contributed by atoms with Crippen LogP contribution in [0.2, 0.25) is 0 Å². The second kappa shape index (κ2) is 8.56. The minimum atomic E-state index is 0.110. The molecule has 30 heavy (non-hydrogen) atoms. The minimum Gasteiger partial charge on any atom is -0.495 e. The maximum atomic E-state index is 6.30. The van der Waals surface area contributed by atoms with Gasteiger partial charge in [0, 0.05) is 9.50 Å². The second-order valence-corrected chi connectivity index (χ2v) is 9.10. The van der Waals surface area contributed by atoms with Crippen LogP contribution < -0.4 is 0 Å². The fraction of sp³-hybridized carbons (Fsp3) is 0.259. The maximum absolute atomic E-state index is 6.30. The Morgan fingerprint density at radius 3 is 2.30 bits per heavy atom. The highest BCUT2D eigenvalue weighted by Crippen LogP contribution is 2.49. The normalized spacial score (nSPS) is 26.2. The van der Waals surface area contributed by atoms with E-state index in [0.29, 0.717) is 19.1 Å². The quantitative estimate of drug-likeness (QED) is 0.415. The molecule has 2 nitrogen and oxygen atoms in total. The molecular weight excluding hydrogens is 483 g/mol. The molecule has 5 rings (SSSR count). The number of rotatable bonds is 2. The Bertz CT molecular complexity index is 1050. The fourth-order valence-corrected chi connectivity index (χ4v) is 6.06. The molecule has 1 saturated heterocycles. The molecule has 152 valence electrons. The molecule has 3 heteroatoms. The summed E-state index contributed by atoms with van der Waals surface area (Å²) in [5, 5.41) is 0. The van der Waals surface area contributed by atoms with E-state index in [0.717, 1.165) is 12.2 Å². The van der Waals surface area contributed by atoms with Gasteiger partial charge in [0.2, 0.25) is 0 Å². The molecule has 0 bridgehead atoms. The monoisotopic (exact) mass is 508 g/mol. The van der Waals surface area contributed by atoms with Crippen LogP contribution in [-0.4, -0.2) is 19.3 Å². The number of halogens is 1. The number of fused-ring (bicyclic) bond motifs is 3. The first-order chi connectivity index (χ1) is 14.7. The molecule has 0 saturated carbocycles. The lowest BCUT2D eigenvalue weighted by molar-refractivity contribution is 0.00906. The number of benzene rings is 2. The molecular formula is C27H25IO2. The standard InChI is InChI=1S/C27H25IO2/c1-18-21(19-8-4-2-5-9-19)12-14-23-25(18)26-24(30-17-16-29-23)15-13-22(27(26)28)20-10-6-3-7-11-20/h2-14,18,24-25H,15-17H2,1H3/t18-,24?,25?/m1/s1. The molecule has 0 N–H and O–H groups in total. The van der Waals surface area contributed by atoms with Gasteiger partial charge in [-0.25, -0.2) is 0 Å². The van der Waals surface area contributed by atoms with Crippen molar-refractivity contribution in [1.29, 1.82) is 0 Å². The van der Waals surface area contributed by atoms with E-state index in [1.807, 2.05) is 0 Å². The van der Waals surface area contributed by atoms with E-state index in [4.69, 9.17) is 9.47 Å². The van der Waals surface area contributed by atoms with Gasteiger partial charge >= 0.3 is 0 Å². The van der Waals surface area contributed by atoms with Crippen molar-refractivity contribution in [3.05, 3.63) is 105 Å². The highest BCUT2D eigenvalue weighted by atomic mass is 127.